The van der Waals surface area contributed by atoms with Gasteiger partial charge in [-0.3, -0.25) is 0 Å². The van der Waals surface area contributed by atoms with Crippen LogP contribution in [0.2, 0.25) is 0 Å². The van der Waals surface area contributed by atoms with E-state index in [9.17, 15) is 14.7 Å². The Kier molecular flexibility index (Phi) is 6.48. The molecule has 6 heteroatoms. The summed E-state index contributed by atoms with van der Waals surface area (Å²) < 4.78 is 10.2. The first kappa shape index (κ1) is 17.7. The normalized spacial score (nSPS) is 12.9. The Bertz CT molecular complexity index is 656. The Morgan fingerprint density at radius 1 is 0.875 bits per heavy atom. The van der Waals surface area contributed by atoms with E-state index in [4.69, 9.17) is 14.6 Å². The standard InChI is InChI=1S/C18H18O6/c19-11-15(20)16(24-18(22)14-9-5-2-6-10-14)12-23-17(21)13-7-3-1-4-8-13/h1-10,15-16,19-20H,11-12H2/t15-,16-/m0/s1. The third kappa shape index (κ3) is 4.91. The quantitative estimate of drug-likeness (QED) is 0.746. The summed E-state index contributed by atoms with van der Waals surface area (Å²) >= 11 is 0. The number of carbonyl (C=O) groups is 2. The molecule has 0 aliphatic carbocycles. The van der Waals surface area contributed by atoms with Crippen LogP contribution in [0.25, 0.3) is 0 Å². The first-order valence-electron chi connectivity index (χ1n) is 7.39. The molecule has 2 aromatic rings. The van der Waals surface area contributed by atoms with E-state index in [0.717, 1.165) is 0 Å². The van der Waals surface area contributed by atoms with Gasteiger partial charge in [0.1, 0.15) is 12.7 Å². The number of carbonyl (C=O) groups excluding carboxylic acids is 2. The smallest absolute Gasteiger partial charge is 0.338 e. The van der Waals surface area contributed by atoms with Gasteiger partial charge in [0.2, 0.25) is 0 Å². The largest absolute Gasteiger partial charge is 0.458 e. The minimum atomic E-state index is -1.36. The molecule has 6 nitrogen and oxygen atoms in total. The Labute approximate surface area is 139 Å². The fraction of sp³-hybridized carbons (Fsp3) is 0.222. The van der Waals surface area contributed by atoms with Crippen LogP contribution in [-0.2, 0) is 9.47 Å². The predicted octanol–water partition coefficient (Wildman–Crippen LogP) is 1.42. The molecule has 0 amide bonds. The molecule has 0 saturated carbocycles. The van der Waals surface area contributed by atoms with Crippen molar-refractivity contribution in [1.82, 2.24) is 0 Å². The number of ether oxygens (including phenoxy) is 2. The third-order valence-electron chi connectivity index (χ3n) is 3.27. The van der Waals surface area contributed by atoms with E-state index in [-0.39, 0.29) is 6.61 Å². The maximum Gasteiger partial charge on any atom is 0.338 e. The van der Waals surface area contributed by atoms with Crippen molar-refractivity contribution < 1.29 is 29.3 Å². The summed E-state index contributed by atoms with van der Waals surface area (Å²) in [5.41, 5.74) is 0.631. The Morgan fingerprint density at radius 3 is 1.88 bits per heavy atom. The zero-order chi connectivity index (χ0) is 17.4. The van der Waals surface area contributed by atoms with Gasteiger partial charge in [-0.15, -0.1) is 0 Å². The zero-order valence-corrected chi connectivity index (χ0v) is 12.9. The molecule has 2 aromatic carbocycles. The number of aliphatic hydroxyl groups is 2. The van der Waals surface area contributed by atoms with Gasteiger partial charge in [-0.2, -0.15) is 0 Å². The number of aliphatic hydroxyl groups excluding tert-OH is 2. The first-order valence-corrected chi connectivity index (χ1v) is 7.39. The average Bonchev–Trinajstić information content (AvgIpc) is 2.65. The van der Waals surface area contributed by atoms with Crippen molar-refractivity contribution in [2.75, 3.05) is 13.2 Å². The van der Waals surface area contributed by atoms with Gasteiger partial charge in [-0.1, -0.05) is 36.4 Å². The summed E-state index contributed by atoms with van der Waals surface area (Å²) in [5.74, 6) is -1.29. The molecule has 0 heterocycles. The molecule has 0 saturated heterocycles. The van der Waals surface area contributed by atoms with Crippen LogP contribution in [0.4, 0.5) is 0 Å². The van der Waals surface area contributed by atoms with Crippen LogP contribution >= 0.6 is 0 Å². The van der Waals surface area contributed by atoms with Gasteiger partial charge >= 0.3 is 11.9 Å². The lowest BCUT2D eigenvalue weighted by atomic mass is 10.2. The number of benzene rings is 2. The minimum Gasteiger partial charge on any atom is -0.458 e. The Balaban J connectivity index is 1.98. The minimum absolute atomic E-state index is 0.294. The summed E-state index contributed by atoms with van der Waals surface area (Å²) in [4.78, 5) is 23.9. The van der Waals surface area contributed by atoms with Crippen LogP contribution in [0.5, 0.6) is 0 Å². The molecule has 0 unspecified atom stereocenters. The molecule has 2 N–H and O–H groups in total. The SMILES string of the molecule is O=C(OC[C@H](OC(=O)c1ccccc1)[C@@H](O)CO)c1ccccc1. The van der Waals surface area contributed by atoms with Crippen LogP contribution in [0.1, 0.15) is 20.7 Å². The van der Waals surface area contributed by atoms with E-state index in [1.807, 2.05) is 0 Å². The van der Waals surface area contributed by atoms with E-state index >= 15 is 0 Å². The van der Waals surface area contributed by atoms with Crippen molar-refractivity contribution >= 4 is 11.9 Å². The summed E-state index contributed by atoms with van der Waals surface area (Å²) in [6, 6.07) is 16.5. The molecular formula is C18H18O6. The summed E-state index contributed by atoms with van der Waals surface area (Å²) in [6.45, 7) is -0.996. The molecule has 2 rings (SSSR count). The van der Waals surface area contributed by atoms with E-state index < -0.39 is 30.8 Å². The van der Waals surface area contributed by atoms with Crippen LogP contribution in [0, 0.1) is 0 Å². The van der Waals surface area contributed by atoms with Crippen LogP contribution in [-0.4, -0.2) is 47.6 Å². The summed E-state index contributed by atoms with van der Waals surface area (Å²) in [7, 11) is 0. The van der Waals surface area contributed by atoms with Gasteiger partial charge in [0.25, 0.3) is 0 Å². The number of hydrogen-bond donors (Lipinski definition) is 2. The highest BCUT2D eigenvalue weighted by molar-refractivity contribution is 5.90. The molecule has 0 aliphatic rings. The van der Waals surface area contributed by atoms with E-state index in [1.54, 1.807) is 60.7 Å². The van der Waals surface area contributed by atoms with Crippen molar-refractivity contribution in [3.63, 3.8) is 0 Å². The van der Waals surface area contributed by atoms with E-state index in [1.165, 1.54) is 0 Å². The lowest BCUT2D eigenvalue weighted by Crippen LogP contribution is -2.38. The van der Waals surface area contributed by atoms with Gasteiger partial charge in [-0.25, -0.2) is 9.59 Å². The Hall–Kier alpha value is -2.70. The fourth-order valence-corrected chi connectivity index (χ4v) is 1.94. The average molecular weight is 330 g/mol. The molecular weight excluding hydrogens is 312 g/mol. The second-order valence-electron chi connectivity index (χ2n) is 5.02. The first-order chi connectivity index (χ1) is 11.6. The topological polar surface area (TPSA) is 93.1 Å². The van der Waals surface area contributed by atoms with Crippen molar-refractivity contribution in [3.05, 3.63) is 71.8 Å². The second kappa shape index (κ2) is 8.81. The molecule has 0 aromatic heterocycles. The highest BCUT2D eigenvalue weighted by Gasteiger charge is 2.25. The van der Waals surface area contributed by atoms with Crippen molar-refractivity contribution in [2.24, 2.45) is 0 Å². The lowest BCUT2D eigenvalue weighted by Gasteiger charge is -2.21. The fourth-order valence-electron chi connectivity index (χ4n) is 1.94. The molecule has 0 spiro atoms. The van der Waals surface area contributed by atoms with Gasteiger partial charge in [0, 0.05) is 0 Å². The molecule has 0 radical (unpaired) electrons. The monoisotopic (exact) mass is 330 g/mol. The molecule has 0 fully saturated rings. The van der Waals surface area contributed by atoms with Crippen molar-refractivity contribution in [1.29, 1.82) is 0 Å². The molecule has 126 valence electrons. The lowest BCUT2D eigenvalue weighted by molar-refractivity contribution is -0.0617. The van der Waals surface area contributed by atoms with E-state index in [2.05, 4.69) is 0 Å². The van der Waals surface area contributed by atoms with Gasteiger partial charge in [-0.05, 0) is 24.3 Å². The second-order valence-corrected chi connectivity index (χ2v) is 5.02. The van der Waals surface area contributed by atoms with E-state index in [0.29, 0.717) is 11.1 Å². The van der Waals surface area contributed by atoms with Gasteiger partial charge in [0.15, 0.2) is 6.10 Å². The zero-order valence-electron chi connectivity index (χ0n) is 12.9. The molecule has 0 aliphatic heterocycles. The van der Waals surface area contributed by atoms with Crippen LogP contribution < -0.4 is 0 Å². The van der Waals surface area contributed by atoms with Crippen LogP contribution in [0.3, 0.4) is 0 Å². The molecule has 24 heavy (non-hydrogen) atoms. The maximum absolute atomic E-state index is 12.0. The summed E-state index contributed by atoms with van der Waals surface area (Å²) in [6.07, 6.45) is -2.53. The number of hydrogen-bond acceptors (Lipinski definition) is 6. The van der Waals surface area contributed by atoms with Gasteiger partial charge in [0.05, 0.1) is 17.7 Å². The number of rotatable bonds is 7. The highest BCUT2D eigenvalue weighted by Crippen LogP contribution is 2.09. The highest BCUT2D eigenvalue weighted by atomic mass is 16.6. The summed E-state index contributed by atoms with van der Waals surface area (Å²) in [5, 5.41) is 18.9. The van der Waals surface area contributed by atoms with Gasteiger partial charge < -0.3 is 19.7 Å². The third-order valence-corrected chi connectivity index (χ3v) is 3.27. The number of esters is 2. The van der Waals surface area contributed by atoms with Crippen molar-refractivity contribution in [3.8, 4) is 0 Å². The molecule has 0 bridgehead atoms. The van der Waals surface area contributed by atoms with Crippen molar-refractivity contribution in [2.45, 2.75) is 12.2 Å². The van der Waals surface area contributed by atoms with Crippen LogP contribution in [0.15, 0.2) is 60.7 Å². The Morgan fingerprint density at radius 2 is 1.38 bits per heavy atom. The predicted molar refractivity (Wildman–Crippen MR) is 85.5 cm³/mol. The maximum atomic E-state index is 12.0. The molecule has 2 atom stereocenters.